The maximum atomic E-state index is 5.92. The molecule has 0 bridgehead atoms. The number of nitrogens with one attached hydrogen (secondary N) is 1. The van der Waals surface area contributed by atoms with E-state index in [1.54, 1.807) is 6.08 Å². The van der Waals surface area contributed by atoms with E-state index < -0.39 is 0 Å². The van der Waals surface area contributed by atoms with Gasteiger partial charge in [-0.2, -0.15) is 0 Å². The summed E-state index contributed by atoms with van der Waals surface area (Å²) in [7, 11) is 0. The summed E-state index contributed by atoms with van der Waals surface area (Å²) in [6.45, 7) is 5.38. The molecule has 0 fully saturated rings. The summed E-state index contributed by atoms with van der Waals surface area (Å²) in [5, 5.41) is 3.13. The fraction of sp³-hybridized carbons (Fsp3) is 0.211. The number of nitrogens with zero attached hydrogens (tertiary/aromatic N) is 1. The monoisotopic (exact) mass is 437 g/mol. The molecule has 2 rings (SSSR count). The summed E-state index contributed by atoms with van der Waals surface area (Å²) < 4.78 is 5.61. The van der Waals surface area contributed by atoms with Gasteiger partial charge in [0.25, 0.3) is 0 Å². The Morgan fingerprint density at radius 1 is 1.12 bits per heavy atom. The average molecular weight is 437 g/mol. The molecular formula is C19H24IN3O. The predicted molar refractivity (Wildman–Crippen MR) is 111 cm³/mol. The fourth-order valence-corrected chi connectivity index (χ4v) is 2.13. The Morgan fingerprint density at radius 3 is 2.58 bits per heavy atom. The smallest absolute Gasteiger partial charge is 0.188 e. The van der Waals surface area contributed by atoms with Gasteiger partial charge in [-0.05, 0) is 18.1 Å². The highest BCUT2D eigenvalue weighted by molar-refractivity contribution is 14.0. The first-order valence-corrected chi connectivity index (χ1v) is 7.69. The molecule has 5 heteroatoms. The van der Waals surface area contributed by atoms with E-state index in [4.69, 9.17) is 10.5 Å². The molecular weight excluding hydrogens is 413 g/mol. The van der Waals surface area contributed by atoms with Crippen molar-refractivity contribution in [3.05, 3.63) is 78.4 Å². The highest BCUT2D eigenvalue weighted by atomic mass is 127. The van der Waals surface area contributed by atoms with Crippen molar-refractivity contribution in [3.8, 4) is 5.75 Å². The van der Waals surface area contributed by atoms with Crippen molar-refractivity contribution in [2.45, 2.75) is 13.0 Å². The number of aliphatic imine (C=N–C) groups is 1. The lowest BCUT2D eigenvalue weighted by molar-refractivity contribution is 0.359. The number of nitrogens with two attached hydrogens (primary N) is 1. The maximum Gasteiger partial charge on any atom is 0.188 e. The number of rotatable bonds is 8. The van der Waals surface area contributed by atoms with E-state index in [0.29, 0.717) is 19.1 Å². The molecule has 0 saturated carbocycles. The van der Waals surface area contributed by atoms with Gasteiger partial charge in [0, 0.05) is 12.1 Å². The van der Waals surface area contributed by atoms with Gasteiger partial charge in [0.1, 0.15) is 12.4 Å². The normalized spacial score (nSPS) is 10.6. The molecule has 0 spiro atoms. The lowest BCUT2D eigenvalue weighted by Gasteiger charge is -2.09. The summed E-state index contributed by atoms with van der Waals surface area (Å²) in [5.74, 6) is 1.26. The topological polar surface area (TPSA) is 59.6 Å². The lowest BCUT2D eigenvalue weighted by Crippen LogP contribution is -2.33. The zero-order chi connectivity index (χ0) is 16.3. The second-order valence-electron chi connectivity index (χ2n) is 5.07. The van der Waals surface area contributed by atoms with Gasteiger partial charge in [-0.15, -0.1) is 24.0 Å². The van der Waals surface area contributed by atoms with Crippen LogP contribution in [-0.4, -0.2) is 19.1 Å². The van der Waals surface area contributed by atoms with Crippen molar-refractivity contribution in [2.24, 2.45) is 10.7 Å². The summed E-state index contributed by atoms with van der Waals surface area (Å²) in [6, 6.07) is 18.1. The van der Waals surface area contributed by atoms with Crippen molar-refractivity contribution in [1.82, 2.24) is 5.32 Å². The predicted octanol–water partition coefficient (Wildman–Crippen LogP) is 3.52. The van der Waals surface area contributed by atoms with Gasteiger partial charge < -0.3 is 15.8 Å². The first-order chi connectivity index (χ1) is 11.3. The minimum absolute atomic E-state index is 0. The number of benzene rings is 2. The largest absolute Gasteiger partial charge is 0.489 e. The zero-order valence-corrected chi connectivity index (χ0v) is 16.0. The Bertz CT molecular complexity index is 644. The molecule has 0 aliphatic carbocycles. The Hall–Kier alpha value is -2.02. The third-order valence-electron chi connectivity index (χ3n) is 3.31. The molecule has 0 aromatic heterocycles. The quantitative estimate of drug-likeness (QED) is 0.288. The molecule has 0 aliphatic rings. The molecule has 0 unspecified atom stereocenters. The third kappa shape index (κ3) is 7.04. The highest BCUT2D eigenvalue weighted by Gasteiger charge is 2.02. The van der Waals surface area contributed by atoms with Crippen molar-refractivity contribution < 1.29 is 4.74 Å². The van der Waals surface area contributed by atoms with E-state index in [2.05, 4.69) is 29.0 Å². The first-order valence-electron chi connectivity index (χ1n) is 7.69. The summed E-state index contributed by atoms with van der Waals surface area (Å²) in [6.07, 6.45) is 2.63. The number of ether oxygens (including phenoxy) is 1. The van der Waals surface area contributed by atoms with Gasteiger partial charge in [-0.25, -0.2) is 4.99 Å². The number of para-hydroxylation sites is 1. The molecule has 4 nitrogen and oxygen atoms in total. The molecule has 0 amide bonds. The molecule has 0 heterocycles. The minimum atomic E-state index is 0. The molecule has 2 aromatic rings. The van der Waals surface area contributed by atoms with Gasteiger partial charge in [-0.1, -0.05) is 61.2 Å². The van der Waals surface area contributed by atoms with Crippen molar-refractivity contribution in [2.75, 3.05) is 13.2 Å². The van der Waals surface area contributed by atoms with Crippen LogP contribution in [0, 0.1) is 0 Å². The van der Waals surface area contributed by atoms with Crippen LogP contribution < -0.4 is 15.8 Å². The van der Waals surface area contributed by atoms with Gasteiger partial charge >= 0.3 is 0 Å². The Morgan fingerprint density at radius 2 is 1.83 bits per heavy atom. The number of halogens is 1. The van der Waals surface area contributed by atoms with Gasteiger partial charge in [0.2, 0.25) is 0 Å². The maximum absolute atomic E-state index is 5.92. The molecule has 0 saturated heterocycles. The Labute approximate surface area is 160 Å². The van der Waals surface area contributed by atoms with Crippen molar-refractivity contribution >= 4 is 29.9 Å². The molecule has 24 heavy (non-hydrogen) atoms. The number of hydrogen-bond acceptors (Lipinski definition) is 2. The van der Waals surface area contributed by atoms with E-state index in [1.807, 2.05) is 42.5 Å². The van der Waals surface area contributed by atoms with Crippen LogP contribution in [0.25, 0.3) is 0 Å². The van der Waals surface area contributed by atoms with Crippen molar-refractivity contribution in [3.63, 3.8) is 0 Å². The number of hydrogen-bond donors (Lipinski definition) is 2. The fourth-order valence-electron chi connectivity index (χ4n) is 2.13. The minimum Gasteiger partial charge on any atom is -0.489 e. The van der Waals surface area contributed by atoms with Crippen LogP contribution in [0.2, 0.25) is 0 Å². The molecule has 0 aliphatic heterocycles. The van der Waals surface area contributed by atoms with Crippen LogP contribution in [0.15, 0.2) is 72.2 Å². The molecule has 0 radical (unpaired) electrons. The van der Waals surface area contributed by atoms with Crippen molar-refractivity contribution in [1.29, 1.82) is 0 Å². The molecule has 0 atom stereocenters. The summed E-state index contributed by atoms with van der Waals surface area (Å²) in [5.41, 5.74) is 8.19. The van der Waals surface area contributed by atoms with Crippen LogP contribution in [0.4, 0.5) is 0 Å². The van der Waals surface area contributed by atoms with Gasteiger partial charge in [-0.3, -0.25) is 0 Å². The SMILES string of the molecule is C=CCOc1ccccc1CN=C(N)NCCc1ccccc1.I. The van der Waals surface area contributed by atoms with Crippen LogP contribution in [0.5, 0.6) is 5.75 Å². The Kier molecular flexibility index (Phi) is 9.60. The highest BCUT2D eigenvalue weighted by Crippen LogP contribution is 2.18. The zero-order valence-electron chi connectivity index (χ0n) is 13.7. The van der Waals surface area contributed by atoms with Crippen LogP contribution in [-0.2, 0) is 13.0 Å². The lowest BCUT2D eigenvalue weighted by atomic mass is 10.1. The van der Waals surface area contributed by atoms with E-state index in [9.17, 15) is 0 Å². The van der Waals surface area contributed by atoms with Gasteiger partial charge in [0.15, 0.2) is 5.96 Å². The van der Waals surface area contributed by atoms with E-state index >= 15 is 0 Å². The third-order valence-corrected chi connectivity index (χ3v) is 3.31. The van der Waals surface area contributed by atoms with Crippen LogP contribution >= 0.6 is 24.0 Å². The van der Waals surface area contributed by atoms with Crippen LogP contribution in [0.1, 0.15) is 11.1 Å². The van der Waals surface area contributed by atoms with E-state index in [0.717, 1.165) is 24.3 Å². The van der Waals surface area contributed by atoms with Crippen LogP contribution in [0.3, 0.4) is 0 Å². The first kappa shape index (κ1) is 20.0. The molecule has 2 aromatic carbocycles. The average Bonchev–Trinajstić information content (AvgIpc) is 2.60. The molecule has 128 valence electrons. The van der Waals surface area contributed by atoms with Gasteiger partial charge in [0.05, 0.1) is 6.54 Å². The standard InChI is InChI=1S/C19H23N3O.HI/c1-2-14-23-18-11-7-6-10-17(18)15-22-19(20)21-13-12-16-8-4-3-5-9-16;/h2-11H,1,12-15H2,(H3,20,21,22);1H. The molecule has 3 N–H and O–H groups in total. The number of guanidine groups is 1. The Balaban J connectivity index is 0.00000288. The van der Waals surface area contributed by atoms with E-state index in [-0.39, 0.29) is 24.0 Å². The summed E-state index contributed by atoms with van der Waals surface area (Å²) in [4.78, 5) is 4.37. The van der Waals surface area contributed by atoms with E-state index in [1.165, 1.54) is 5.56 Å². The second kappa shape index (κ2) is 11.5. The second-order valence-corrected chi connectivity index (χ2v) is 5.07. The summed E-state index contributed by atoms with van der Waals surface area (Å²) >= 11 is 0.